The van der Waals surface area contributed by atoms with E-state index in [9.17, 15) is 0 Å². The second-order valence-corrected chi connectivity index (χ2v) is 8.90. The SMILES string of the molecule is CCCSc1nc(NCCOCCNC(C)C)c2nnn(Cc3ccc(Cl)cc3)c2n1. The molecule has 0 aliphatic rings. The molecule has 1 aromatic carbocycles. The van der Waals surface area contributed by atoms with Crippen molar-refractivity contribution in [2.75, 3.05) is 37.4 Å². The predicted molar refractivity (Wildman–Crippen MR) is 127 cm³/mol. The van der Waals surface area contributed by atoms with Gasteiger partial charge >= 0.3 is 0 Å². The minimum Gasteiger partial charge on any atom is -0.378 e. The molecule has 10 heteroatoms. The highest BCUT2D eigenvalue weighted by molar-refractivity contribution is 7.99. The number of anilines is 1. The van der Waals surface area contributed by atoms with Crippen molar-refractivity contribution in [3.8, 4) is 0 Å². The smallest absolute Gasteiger partial charge is 0.191 e. The summed E-state index contributed by atoms with van der Waals surface area (Å²) in [6, 6.07) is 8.17. The van der Waals surface area contributed by atoms with Gasteiger partial charge < -0.3 is 15.4 Å². The maximum atomic E-state index is 6.00. The third-order valence-electron chi connectivity index (χ3n) is 4.36. The van der Waals surface area contributed by atoms with Crippen LogP contribution >= 0.6 is 23.4 Å². The molecule has 0 atom stereocenters. The van der Waals surface area contributed by atoms with Crippen molar-refractivity contribution in [3.63, 3.8) is 0 Å². The first-order valence-electron chi connectivity index (χ1n) is 10.6. The first-order valence-corrected chi connectivity index (χ1v) is 12.0. The molecule has 2 heterocycles. The van der Waals surface area contributed by atoms with E-state index in [1.54, 1.807) is 16.4 Å². The van der Waals surface area contributed by atoms with Crippen LogP contribution in [0.3, 0.4) is 0 Å². The molecule has 0 aliphatic carbocycles. The molecule has 0 saturated heterocycles. The van der Waals surface area contributed by atoms with Gasteiger partial charge in [0.05, 0.1) is 19.8 Å². The number of nitrogens with one attached hydrogen (secondary N) is 2. The lowest BCUT2D eigenvalue weighted by Crippen LogP contribution is -2.27. The molecule has 31 heavy (non-hydrogen) atoms. The van der Waals surface area contributed by atoms with Crippen LogP contribution in [0.1, 0.15) is 32.8 Å². The number of rotatable bonds is 13. The summed E-state index contributed by atoms with van der Waals surface area (Å²) in [5.41, 5.74) is 2.46. The van der Waals surface area contributed by atoms with Crippen molar-refractivity contribution in [2.45, 2.75) is 44.9 Å². The number of nitrogens with zero attached hydrogens (tertiary/aromatic N) is 5. The molecular formula is C21H30ClN7OS. The summed E-state index contributed by atoms with van der Waals surface area (Å²) in [7, 11) is 0. The van der Waals surface area contributed by atoms with Crippen molar-refractivity contribution < 1.29 is 4.74 Å². The summed E-state index contributed by atoms with van der Waals surface area (Å²) >= 11 is 7.64. The number of fused-ring (bicyclic) bond motifs is 1. The first-order chi connectivity index (χ1) is 15.1. The average molecular weight is 464 g/mol. The van der Waals surface area contributed by atoms with Gasteiger partial charge in [-0.2, -0.15) is 0 Å². The number of benzene rings is 1. The van der Waals surface area contributed by atoms with Gasteiger partial charge in [0.2, 0.25) is 0 Å². The number of halogens is 1. The first kappa shape index (κ1) is 23.7. The highest BCUT2D eigenvalue weighted by Gasteiger charge is 2.15. The molecule has 0 amide bonds. The summed E-state index contributed by atoms with van der Waals surface area (Å²) in [5, 5.41) is 16.8. The van der Waals surface area contributed by atoms with Gasteiger partial charge in [-0.25, -0.2) is 14.6 Å². The van der Waals surface area contributed by atoms with Crippen LogP contribution < -0.4 is 10.6 Å². The van der Waals surface area contributed by atoms with Crippen LogP contribution in [0.15, 0.2) is 29.4 Å². The van der Waals surface area contributed by atoms with Crippen LogP contribution in [0.5, 0.6) is 0 Å². The highest BCUT2D eigenvalue weighted by Crippen LogP contribution is 2.23. The fourth-order valence-corrected chi connectivity index (χ4v) is 3.67. The van der Waals surface area contributed by atoms with E-state index >= 15 is 0 Å². The maximum Gasteiger partial charge on any atom is 0.191 e. The summed E-state index contributed by atoms with van der Waals surface area (Å²) in [4.78, 5) is 9.38. The van der Waals surface area contributed by atoms with E-state index in [-0.39, 0.29) is 0 Å². The molecule has 2 N–H and O–H groups in total. The molecule has 0 aliphatic heterocycles. The highest BCUT2D eigenvalue weighted by atomic mass is 35.5. The topological polar surface area (TPSA) is 89.8 Å². The van der Waals surface area contributed by atoms with E-state index in [1.807, 2.05) is 24.3 Å². The summed E-state index contributed by atoms with van der Waals surface area (Å²) in [6.07, 6.45) is 1.05. The van der Waals surface area contributed by atoms with Crippen molar-refractivity contribution in [1.82, 2.24) is 30.3 Å². The molecule has 2 aromatic heterocycles. The number of thioether (sulfide) groups is 1. The van der Waals surface area contributed by atoms with Gasteiger partial charge in [-0.05, 0) is 24.1 Å². The molecule has 0 saturated carbocycles. The maximum absolute atomic E-state index is 6.00. The second kappa shape index (κ2) is 12.2. The minimum atomic E-state index is 0.463. The Hall–Kier alpha value is -1.94. The fourth-order valence-electron chi connectivity index (χ4n) is 2.85. The van der Waals surface area contributed by atoms with Crippen LogP contribution in [0, 0.1) is 0 Å². The van der Waals surface area contributed by atoms with E-state index in [4.69, 9.17) is 21.3 Å². The molecule has 0 unspecified atom stereocenters. The molecule has 0 bridgehead atoms. The van der Waals surface area contributed by atoms with E-state index in [1.165, 1.54) is 0 Å². The Morgan fingerprint density at radius 3 is 2.65 bits per heavy atom. The van der Waals surface area contributed by atoms with Gasteiger partial charge in [0.1, 0.15) is 0 Å². The van der Waals surface area contributed by atoms with Crippen LogP contribution in [-0.4, -0.2) is 63.1 Å². The van der Waals surface area contributed by atoms with Crippen LogP contribution in [-0.2, 0) is 11.3 Å². The lowest BCUT2D eigenvalue weighted by atomic mass is 10.2. The standard InChI is InChI=1S/C21H30ClN7OS/c1-4-13-31-21-25-19(24-10-12-30-11-9-23-15(2)3)18-20(26-21)29(28-27-18)14-16-5-7-17(22)8-6-16/h5-8,15,23H,4,9-14H2,1-3H3,(H,24,25,26). The van der Waals surface area contributed by atoms with Gasteiger partial charge in [0.15, 0.2) is 22.1 Å². The van der Waals surface area contributed by atoms with E-state index in [0.29, 0.717) is 54.3 Å². The normalized spacial score (nSPS) is 11.5. The van der Waals surface area contributed by atoms with Gasteiger partial charge in [0, 0.05) is 29.9 Å². The van der Waals surface area contributed by atoms with Crippen molar-refractivity contribution >= 4 is 40.3 Å². The largest absolute Gasteiger partial charge is 0.378 e. The zero-order chi connectivity index (χ0) is 22.1. The fraction of sp³-hybridized carbons (Fsp3) is 0.524. The quantitative estimate of drug-likeness (QED) is 0.224. The van der Waals surface area contributed by atoms with Crippen LogP contribution in [0.4, 0.5) is 5.82 Å². The molecule has 0 spiro atoms. The minimum absolute atomic E-state index is 0.463. The van der Waals surface area contributed by atoms with Crippen molar-refractivity contribution in [2.24, 2.45) is 0 Å². The van der Waals surface area contributed by atoms with E-state index < -0.39 is 0 Å². The van der Waals surface area contributed by atoms with Crippen LogP contribution in [0.2, 0.25) is 5.02 Å². The zero-order valence-corrected chi connectivity index (χ0v) is 19.8. The molecule has 0 radical (unpaired) electrons. The average Bonchev–Trinajstić information content (AvgIpc) is 3.15. The van der Waals surface area contributed by atoms with Gasteiger partial charge in [0.25, 0.3) is 0 Å². The lowest BCUT2D eigenvalue weighted by molar-refractivity contribution is 0.144. The Morgan fingerprint density at radius 1 is 1.13 bits per heavy atom. The number of hydrogen-bond donors (Lipinski definition) is 2. The van der Waals surface area contributed by atoms with Crippen LogP contribution in [0.25, 0.3) is 11.2 Å². The third kappa shape index (κ3) is 7.31. The Labute approximate surface area is 192 Å². The van der Waals surface area contributed by atoms with Gasteiger partial charge in [-0.3, -0.25) is 0 Å². The Kier molecular flexibility index (Phi) is 9.32. The molecule has 168 valence electrons. The van der Waals surface area contributed by atoms with E-state index in [0.717, 1.165) is 29.4 Å². The predicted octanol–water partition coefficient (Wildman–Crippen LogP) is 3.85. The second-order valence-electron chi connectivity index (χ2n) is 7.40. The number of aromatic nitrogens is 5. The Bertz CT molecular complexity index is 949. The number of ether oxygens (including phenoxy) is 1. The van der Waals surface area contributed by atoms with Gasteiger partial charge in [-0.15, -0.1) is 5.10 Å². The molecule has 8 nitrogen and oxygen atoms in total. The van der Waals surface area contributed by atoms with E-state index in [2.05, 4.69) is 46.7 Å². The monoisotopic (exact) mass is 463 g/mol. The Balaban J connectivity index is 1.70. The van der Waals surface area contributed by atoms with Crippen molar-refractivity contribution in [3.05, 3.63) is 34.9 Å². The van der Waals surface area contributed by atoms with Crippen molar-refractivity contribution in [1.29, 1.82) is 0 Å². The molecule has 3 aromatic rings. The lowest BCUT2D eigenvalue weighted by Gasteiger charge is -2.10. The summed E-state index contributed by atoms with van der Waals surface area (Å²) < 4.78 is 7.48. The molecule has 0 fully saturated rings. The summed E-state index contributed by atoms with van der Waals surface area (Å²) in [5.74, 6) is 1.64. The van der Waals surface area contributed by atoms with Gasteiger partial charge in [-0.1, -0.05) is 61.5 Å². The Morgan fingerprint density at radius 2 is 1.90 bits per heavy atom. The molecule has 3 rings (SSSR count). The third-order valence-corrected chi connectivity index (χ3v) is 5.67. The molecular weight excluding hydrogens is 434 g/mol. The number of hydrogen-bond acceptors (Lipinski definition) is 8. The summed E-state index contributed by atoms with van der Waals surface area (Å²) in [6.45, 7) is 9.68. The zero-order valence-electron chi connectivity index (χ0n) is 18.3.